The van der Waals surface area contributed by atoms with Gasteiger partial charge in [0.2, 0.25) is 0 Å². The number of fused-ring (bicyclic) bond motifs is 5. The molecule has 196 valence electrons. The second kappa shape index (κ2) is 8.65. The lowest BCUT2D eigenvalue weighted by Crippen LogP contribution is -2.48. The highest BCUT2D eigenvalue weighted by Gasteiger charge is 2.71. The first-order valence-electron chi connectivity index (χ1n) is 13.1. The van der Waals surface area contributed by atoms with Crippen LogP contribution in [0.4, 0.5) is 14.5 Å². The van der Waals surface area contributed by atoms with Gasteiger partial charge in [-0.15, -0.1) is 0 Å². The molecule has 0 unspecified atom stereocenters. The van der Waals surface area contributed by atoms with Gasteiger partial charge in [-0.1, -0.05) is 78.4 Å². The summed E-state index contributed by atoms with van der Waals surface area (Å²) in [5.41, 5.74) is 1.94. The van der Waals surface area contributed by atoms with Crippen LogP contribution in [0.5, 0.6) is 0 Å². The minimum atomic E-state index is -1.69. The Morgan fingerprint density at radius 3 is 2.08 bits per heavy atom. The van der Waals surface area contributed by atoms with E-state index in [2.05, 4.69) is 0 Å². The third-order valence-electron chi connectivity index (χ3n) is 8.60. The highest BCUT2D eigenvalue weighted by molar-refractivity contribution is 6.32. The van der Waals surface area contributed by atoms with Gasteiger partial charge in [0.15, 0.2) is 17.3 Å². The Morgan fingerprint density at radius 1 is 0.800 bits per heavy atom. The molecule has 1 spiro atoms. The van der Waals surface area contributed by atoms with E-state index in [1.165, 1.54) is 24.3 Å². The predicted molar refractivity (Wildman–Crippen MR) is 148 cm³/mol. The Kier molecular flexibility index (Phi) is 5.26. The van der Waals surface area contributed by atoms with Gasteiger partial charge in [-0.25, -0.2) is 8.78 Å². The summed E-state index contributed by atoms with van der Waals surface area (Å²) < 4.78 is 28.5. The largest absolute Gasteiger partial charge is 0.352 e. The second-order valence-electron chi connectivity index (χ2n) is 10.7. The Hall–Kier alpha value is -4.71. The van der Waals surface area contributed by atoms with Gasteiger partial charge in [0, 0.05) is 33.9 Å². The number of anilines is 1. The summed E-state index contributed by atoms with van der Waals surface area (Å²) in [6, 6.07) is 22.0. The predicted octanol–water partition coefficient (Wildman–Crippen LogP) is 6.59. The Balaban J connectivity index is 1.54. The summed E-state index contributed by atoms with van der Waals surface area (Å²) in [5, 5.41) is 0. The maximum Gasteiger partial charge on any atom is 0.185 e. The molecule has 2 aliphatic heterocycles. The number of halogens is 2. The number of benzene rings is 4. The minimum absolute atomic E-state index is 0.279. The molecule has 1 fully saturated rings. The molecule has 1 aliphatic carbocycles. The molecule has 6 heteroatoms. The van der Waals surface area contributed by atoms with Crippen LogP contribution >= 0.6 is 0 Å². The summed E-state index contributed by atoms with van der Waals surface area (Å²) >= 11 is 0. The number of carbonyl (C=O) groups is 3. The van der Waals surface area contributed by atoms with Crippen molar-refractivity contribution in [2.45, 2.75) is 24.9 Å². The average Bonchev–Trinajstić information content (AvgIpc) is 3.39. The number of nitrogens with zero attached hydrogens (tertiary/aromatic N) is 1. The fraction of sp³-hybridized carbons (Fsp3) is 0.147. The highest BCUT2D eigenvalue weighted by atomic mass is 19.1. The number of hydrogen-bond donors (Lipinski definition) is 0. The van der Waals surface area contributed by atoms with Crippen LogP contribution in [0.1, 0.15) is 53.7 Å². The molecule has 0 bridgehead atoms. The number of hydrogen-bond acceptors (Lipinski definition) is 4. The smallest absolute Gasteiger partial charge is 0.185 e. The van der Waals surface area contributed by atoms with Crippen molar-refractivity contribution in [3.63, 3.8) is 0 Å². The van der Waals surface area contributed by atoms with Crippen molar-refractivity contribution in [3.8, 4) is 0 Å². The molecule has 2 heterocycles. The maximum absolute atomic E-state index is 14.5. The SMILES string of the molecule is Cc1ccc(C(=O)[C@H]2[C@H](c3ccc(F)cc3)C3(C(=O)c4ccccc4C3=O)[C@H]3C=Cc4cc(F)ccc4N23)cc1. The van der Waals surface area contributed by atoms with Gasteiger partial charge in [-0.3, -0.25) is 14.4 Å². The molecule has 0 saturated carbocycles. The topological polar surface area (TPSA) is 54.5 Å². The molecule has 0 radical (unpaired) electrons. The molecule has 3 aliphatic rings. The molecule has 40 heavy (non-hydrogen) atoms. The first kappa shape index (κ1) is 24.3. The van der Waals surface area contributed by atoms with Gasteiger partial charge in [0.25, 0.3) is 0 Å². The molecule has 0 N–H and O–H groups in total. The molecule has 4 aromatic rings. The van der Waals surface area contributed by atoms with E-state index in [-0.39, 0.29) is 17.3 Å². The molecule has 3 atom stereocenters. The van der Waals surface area contributed by atoms with Crippen molar-refractivity contribution in [2.75, 3.05) is 4.90 Å². The van der Waals surface area contributed by atoms with Crippen molar-refractivity contribution < 1.29 is 23.2 Å². The van der Waals surface area contributed by atoms with Gasteiger partial charge >= 0.3 is 0 Å². The molecular formula is C34H23F2NO3. The van der Waals surface area contributed by atoms with Gasteiger partial charge in [-0.05, 0) is 42.8 Å². The number of rotatable bonds is 3. The van der Waals surface area contributed by atoms with E-state index in [1.54, 1.807) is 66.7 Å². The Bertz CT molecular complexity index is 1720. The zero-order valence-corrected chi connectivity index (χ0v) is 21.5. The van der Waals surface area contributed by atoms with E-state index in [9.17, 15) is 23.2 Å². The number of carbonyl (C=O) groups excluding carboxylic acids is 3. The van der Waals surface area contributed by atoms with Crippen LogP contribution < -0.4 is 4.90 Å². The first-order chi connectivity index (χ1) is 19.3. The van der Waals surface area contributed by atoms with Gasteiger partial charge in [0.1, 0.15) is 23.1 Å². The summed E-state index contributed by atoms with van der Waals surface area (Å²) in [7, 11) is 0. The van der Waals surface area contributed by atoms with Gasteiger partial charge in [0.05, 0.1) is 6.04 Å². The summed E-state index contributed by atoms with van der Waals surface area (Å²) in [6.45, 7) is 1.92. The molecule has 0 aromatic heterocycles. The van der Waals surface area contributed by atoms with Crippen molar-refractivity contribution in [2.24, 2.45) is 5.41 Å². The third kappa shape index (κ3) is 3.19. The zero-order chi connectivity index (χ0) is 27.8. The average molecular weight is 532 g/mol. The lowest BCUT2D eigenvalue weighted by atomic mass is 9.64. The van der Waals surface area contributed by atoms with Crippen LogP contribution in [0.15, 0.2) is 97.1 Å². The Morgan fingerprint density at radius 2 is 1.43 bits per heavy atom. The number of aryl methyl sites for hydroxylation is 1. The summed E-state index contributed by atoms with van der Waals surface area (Å²) in [6.07, 6.45) is 3.45. The monoisotopic (exact) mass is 531 g/mol. The van der Waals surface area contributed by atoms with Crippen molar-refractivity contribution in [1.29, 1.82) is 0 Å². The number of Topliss-reactive ketones (excluding diaryl/α,β-unsaturated/α-hetero) is 3. The van der Waals surface area contributed by atoms with Crippen molar-refractivity contribution >= 4 is 29.1 Å². The lowest BCUT2D eigenvalue weighted by molar-refractivity contribution is 0.0666. The lowest BCUT2D eigenvalue weighted by Gasteiger charge is -2.37. The van der Waals surface area contributed by atoms with Crippen molar-refractivity contribution in [1.82, 2.24) is 0 Å². The van der Waals surface area contributed by atoms with Crippen LogP contribution in [0.25, 0.3) is 6.08 Å². The van der Waals surface area contributed by atoms with Gasteiger partial charge in [-0.2, -0.15) is 0 Å². The molecule has 4 aromatic carbocycles. The van der Waals surface area contributed by atoms with E-state index in [0.717, 1.165) is 5.56 Å². The van der Waals surface area contributed by atoms with Gasteiger partial charge < -0.3 is 4.90 Å². The van der Waals surface area contributed by atoms with E-state index in [4.69, 9.17) is 0 Å². The molecule has 0 amide bonds. The zero-order valence-electron chi connectivity index (χ0n) is 21.5. The fourth-order valence-electron chi connectivity index (χ4n) is 6.88. The summed E-state index contributed by atoms with van der Waals surface area (Å²) in [5.74, 6) is -2.87. The van der Waals surface area contributed by atoms with Crippen LogP contribution in [0, 0.1) is 24.0 Å². The maximum atomic E-state index is 14.5. The van der Waals surface area contributed by atoms with Crippen LogP contribution in [-0.4, -0.2) is 29.4 Å². The quantitative estimate of drug-likeness (QED) is 0.221. The Labute approximate surface area is 229 Å². The molecule has 4 nitrogen and oxygen atoms in total. The van der Waals surface area contributed by atoms with E-state index < -0.39 is 35.1 Å². The minimum Gasteiger partial charge on any atom is -0.352 e. The summed E-state index contributed by atoms with van der Waals surface area (Å²) in [4.78, 5) is 45.4. The standard InChI is InChI=1S/C34H23F2NO3/c1-19-6-8-21(9-7-19)31(38)30-29(20-10-13-23(35)14-11-20)34(32(39)25-4-2-3-5-26(25)33(34)40)28-17-12-22-18-24(36)15-16-27(22)37(28)30/h2-18,28-30H,1H3/t28-,29+,30-/m1/s1. The molecule has 1 saturated heterocycles. The van der Waals surface area contributed by atoms with E-state index in [1.807, 2.05) is 24.0 Å². The van der Waals surface area contributed by atoms with E-state index >= 15 is 0 Å². The number of ketones is 3. The second-order valence-corrected chi connectivity index (χ2v) is 10.7. The molecule has 7 rings (SSSR count). The van der Waals surface area contributed by atoms with Crippen molar-refractivity contribution in [3.05, 3.63) is 142 Å². The highest BCUT2D eigenvalue weighted by Crippen LogP contribution is 2.61. The van der Waals surface area contributed by atoms with E-state index in [0.29, 0.717) is 33.5 Å². The molecular weight excluding hydrogens is 508 g/mol. The van der Waals surface area contributed by atoms with Crippen LogP contribution in [0.2, 0.25) is 0 Å². The first-order valence-corrected chi connectivity index (χ1v) is 13.1. The fourth-order valence-corrected chi connectivity index (χ4v) is 6.88. The van der Waals surface area contributed by atoms with Crippen LogP contribution in [0.3, 0.4) is 0 Å². The third-order valence-corrected chi connectivity index (χ3v) is 8.60. The van der Waals surface area contributed by atoms with Crippen LogP contribution in [-0.2, 0) is 0 Å². The normalized spacial score (nSPS) is 21.9.